The van der Waals surface area contributed by atoms with E-state index < -0.39 is 11.9 Å². The fourth-order valence-corrected chi connectivity index (χ4v) is 3.86. The van der Waals surface area contributed by atoms with E-state index in [9.17, 15) is 9.59 Å². The molecule has 0 aliphatic carbocycles. The van der Waals surface area contributed by atoms with Gasteiger partial charge >= 0.3 is 5.97 Å². The molecule has 0 aromatic heterocycles. The summed E-state index contributed by atoms with van der Waals surface area (Å²) in [5.74, 6) is -0.853. The summed E-state index contributed by atoms with van der Waals surface area (Å²) in [5, 5.41) is 3.32. The highest BCUT2D eigenvalue weighted by molar-refractivity contribution is 9.11. The number of para-hydroxylation sites is 1. The number of halogens is 4. The Kier molecular flexibility index (Phi) is 7.07. The van der Waals surface area contributed by atoms with Crippen molar-refractivity contribution in [1.82, 2.24) is 0 Å². The molecule has 0 saturated carbocycles. The van der Waals surface area contributed by atoms with E-state index in [2.05, 4.69) is 41.9 Å². The Hall–Kier alpha value is -1.34. The second kappa shape index (κ2) is 8.85. The van der Waals surface area contributed by atoms with Crippen LogP contribution in [0.25, 0.3) is 6.08 Å². The summed E-state index contributed by atoms with van der Waals surface area (Å²) < 4.78 is 5.94. The molecule has 25 heavy (non-hydrogen) atoms. The number of hydrogen-bond acceptors (Lipinski definition) is 3. The lowest BCUT2D eigenvalue weighted by molar-refractivity contribution is -0.111. The summed E-state index contributed by atoms with van der Waals surface area (Å²) in [6, 6.07) is 8.17. The van der Waals surface area contributed by atoms with E-state index in [1.54, 1.807) is 36.4 Å². The van der Waals surface area contributed by atoms with E-state index >= 15 is 0 Å². The van der Waals surface area contributed by atoms with E-state index in [0.29, 0.717) is 35.8 Å². The molecule has 0 unspecified atom stereocenters. The molecule has 0 saturated heterocycles. The van der Waals surface area contributed by atoms with E-state index in [0.717, 1.165) is 0 Å². The highest BCUT2D eigenvalue weighted by Gasteiger charge is 2.12. The van der Waals surface area contributed by atoms with E-state index in [4.69, 9.17) is 23.2 Å². The lowest BCUT2D eigenvalue weighted by atomic mass is 10.1. The van der Waals surface area contributed by atoms with Crippen LogP contribution in [-0.2, 0) is 9.53 Å². The van der Waals surface area contributed by atoms with Crippen molar-refractivity contribution < 1.29 is 14.3 Å². The van der Waals surface area contributed by atoms with E-state index in [-0.39, 0.29) is 0 Å². The first-order valence-corrected chi connectivity index (χ1v) is 9.18. The maximum absolute atomic E-state index is 12.1. The average molecular weight is 508 g/mol. The van der Waals surface area contributed by atoms with Crippen LogP contribution in [0.4, 0.5) is 5.69 Å². The van der Waals surface area contributed by atoms with Gasteiger partial charge in [-0.15, -0.1) is 0 Å². The number of methoxy groups -OCH3 is 1. The van der Waals surface area contributed by atoms with Gasteiger partial charge in [0.15, 0.2) is 0 Å². The zero-order chi connectivity index (χ0) is 18.6. The Morgan fingerprint density at radius 3 is 2.20 bits per heavy atom. The van der Waals surface area contributed by atoms with Gasteiger partial charge in [-0.05, 0) is 30.3 Å². The summed E-state index contributed by atoms with van der Waals surface area (Å²) >= 11 is 18.8. The first-order chi connectivity index (χ1) is 11.8. The van der Waals surface area contributed by atoms with Gasteiger partial charge in [-0.1, -0.05) is 61.1 Å². The van der Waals surface area contributed by atoms with Crippen molar-refractivity contribution in [1.29, 1.82) is 0 Å². The fraction of sp³-hybridized carbons (Fsp3) is 0.0588. The van der Waals surface area contributed by atoms with E-state index in [1.165, 1.54) is 13.2 Å². The Bertz CT molecular complexity index is 826. The molecule has 2 aromatic carbocycles. The number of anilines is 1. The van der Waals surface area contributed by atoms with Gasteiger partial charge in [0.25, 0.3) is 0 Å². The minimum Gasteiger partial charge on any atom is -0.465 e. The molecule has 0 bridgehead atoms. The number of nitrogens with one attached hydrogen (secondary N) is 1. The molecule has 0 fully saturated rings. The number of benzene rings is 2. The van der Waals surface area contributed by atoms with Crippen LogP contribution >= 0.6 is 55.1 Å². The molecule has 2 rings (SSSR count). The summed E-state index contributed by atoms with van der Waals surface area (Å²) in [7, 11) is 1.31. The third kappa shape index (κ3) is 5.07. The normalized spacial score (nSPS) is 10.8. The average Bonchev–Trinajstić information content (AvgIpc) is 2.56. The molecule has 1 amide bonds. The summed E-state index contributed by atoms with van der Waals surface area (Å²) in [4.78, 5) is 23.7. The largest absolute Gasteiger partial charge is 0.465 e. The minimum absolute atomic E-state index is 0.346. The van der Waals surface area contributed by atoms with Crippen LogP contribution < -0.4 is 5.32 Å². The molecule has 130 valence electrons. The summed E-state index contributed by atoms with van der Waals surface area (Å²) in [6.07, 6.45) is 2.93. The molecule has 0 aliphatic rings. The number of amides is 1. The lowest BCUT2D eigenvalue weighted by Gasteiger charge is -2.08. The monoisotopic (exact) mass is 505 g/mol. The Morgan fingerprint density at radius 1 is 1.12 bits per heavy atom. The van der Waals surface area contributed by atoms with Crippen LogP contribution in [0.5, 0.6) is 0 Å². The number of ether oxygens (including phenoxy) is 1. The predicted octanol–water partition coefficient (Wildman–Crippen LogP) is 5.96. The first kappa shape index (κ1) is 20.0. The topological polar surface area (TPSA) is 55.4 Å². The van der Waals surface area contributed by atoms with Gasteiger partial charge in [0.05, 0.1) is 28.4 Å². The summed E-state index contributed by atoms with van der Waals surface area (Å²) in [6.45, 7) is 0. The van der Waals surface area contributed by atoms with Crippen LogP contribution in [0.1, 0.15) is 15.9 Å². The molecule has 0 heterocycles. The zero-order valence-corrected chi connectivity index (χ0v) is 17.5. The van der Waals surface area contributed by atoms with Crippen molar-refractivity contribution in [2.24, 2.45) is 0 Å². The van der Waals surface area contributed by atoms with Gasteiger partial charge in [0, 0.05) is 20.6 Å². The minimum atomic E-state index is -0.456. The molecule has 1 N–H and O–H groups in total. The molecule has 4 nitrogen and oxygen atoms in total. The number of hydrogen-bond donors (Lipinski definition) is 1. The van der Waals surface area contributed by atoms with Crippen LogP contribution in [-0.4, -0.2) is 19.0 Å². The Morgan fingerprint density at radius 2 is 1.68 bits per heavy atom. The Labute approximate surface area is 171 Å². The fourth-order valence-electron chi connectivity index (χ4n) is 1.92. The van der Waals surface area contributed by atoms with Crippen LogP contribution in [0.15, 0.2) is 45.4 Å². The standard InChI is InChI=1S/C17H11Br2Cl2NO3/c1-25-17(24)9-7-11(18)10(12(19)8-9)5-6-15(23)22-16-13(20)3-2-4-14(16)21/h2-8H,1H3,(H,22,23). The van der Waals surface area contributed by atoms with Crippen molar-refractivity contribution in [2.75, 3.05) is 12.4 Å². The van der Waals surface area contributed by atoms with E-state index in [1.807, 2.05) is 0 Å². The molecular weight excluding hydrogens is 497 g/mol. The van der Waals surface area contributed by atoms with Gasteiger partial charge < -0.3 is 10.1 Å². The molecule has 0 radical (unpaired) electrons. The highest BCUT2D eigenvalue weighted by Crippen LogP contribution is 2.31. The van der Waals surface area contributed by atoms with Crippen molar-refractivity contribution in [2.45, 2.75) is 0 Å². The van der Waals surface area contributed by atoms with Gasteiger partial charge in [0.2, 0.25) is 5.91 Å². The lowest BCUT2D eigenvalue weighted by Crippen LogP contribution is -2.08. The van der Waals surface area contributed by atoms with Crippen molar-refractivity contribution in [3.8, 4) is 0 Å². The van der Waals surface area contributed by atoms with Gasteiger partial charge in [-0.25, -0.2) is 4.79 Å². The third-order valence-electron chi connectivity index (χ3n) is 3.11. The van der Waals surface area contributed by atoms with Gasteiger partial charge in [0.1, 0.15) is 0 Å². The molecule has 0 aliphatic heterocycles. The van der Waals surface area contributed by atoms with Gasteiger partial charge in [-0.3, -0.25) is 4.79 Å². The summed E-state index contributed by atoms with van der Waals surface area (Å²) in [5.41, 5.74) is 1.42. The number of carbonyl (C=O) groups is 2. The third-order valence-corrected chi connectivity index (χ3v) is 5.05. The van der Waals surface area contributed by atoms with Crippen LogP contribution in [0.3, 0.4) is 0 Å². The van der Waals surface area contributed by atoms with Crippen LogP contribution in [0, 0.1) is 0 Å². The molecular formula is C17H11Br2Cl2NO3. The maximum Gasteiger partial charge on any atom is 0.337 e. The van der Waals surface area contributed by atoms with Crippen molar-refractivity contribution in [3.63, 3.8) is 0 Å². The zero-order valence-electron chi connectivity index (χ0n) is 12.8. The Balaban J connectivity index is 2.21. The SMILES string of the molecule is COC(=O)c1cc(Br)c(C=CC(=O)Nc2c(Cl)cccc2Cl)c(Br)c1. The highest BCUT2D eigenvalue weighted by atomic mass is 79.9. The predicted molar refractivity (Wildman–Crippen MR) is 107 cm³/mol. The van der Waals surface area contributed by atoms with Crippen LogP contribution in [0.2, 0.25) is 10.0 Å². The maximum atomic E-state index is 12.1. The number of carbonyl (C=O) groups excluding carboxylic acids is 2. The number of esters is 1. The van der Waals surface area contributed by atoms with Crippen molar-refractivity contribution >= 4 is 78.7 Å². The molecule has 0 spiro atoms. The quantitative estimate of drug-likeness (QED) is 0.410. The molecule has 0 atom stereocenters. The smallest absolute Gasteiger partial charge is 0.337 e. The molecule has 2 aromatic rings. The van der Waals surface area contributed by atoms with Crippen molar-refractivity contribution in [3.05, 3.63) is 66.5 Å². The molecule has 8 heteroatoms. The number of rotatable bonds is 4. The van der Waals surface area contributed by atoms with Gasteiger partial charge in [-0.2, -0.15) is 0 Å². The first-order valence-electron chi connectivity index (χ1n) is 6.84. The second-order valence-corrected chi connectivity index (χ2v) is 7.29. The second-order valence-electron chi connectivity index (χ2n) is 4.76.